The first kappa shape index (κ1) is 25.0. The fraction of sp³-hybridized carbons (Fsp3) is 0.250. The molecule has 0 spiro atoms. The summed E-state index contributed by atoms with van der Waals surface area (Å²) in [6.45, 7) is 0.341. The van der Waals surface area contributed by atoms with Gasteiger partial charge < -0.3 is 20.1 Å². The van der Waals surface area contributed by atoms with Gasteiger partial charge in [0.2, 0.25) is 5.91 Å². The molecule has 0 bridgehead atoms. The summed E-state index contributed by atoms with van der Waals surface area (Å²) >= 11 is 1.49. The molecule has 2 N–H and O–H groups in total. The second kappa shape index (κ2) is 12.0. The number of nitriles is 1. The van der Waals surface area contributed by atoms with Crippen LogP contribution >= 0.6 is 11.3 Å². The molecule has 1 aliphatic rings. The van der Waals surface area contributed by atoms with E-state index in [-0.39, 0.29) is 18.4 Å². The molecule has 1 aromatic heterocycles. The monoisotopic (exact) mass is 501 g/mol. The van der Waals surface area contributed by atoms with Gasteiger partial charge in [-0.1, -0.05) is 36.4 Å². The summed E-state index contributed by atoms with van der Waals surface area (Å²) < 4.78 is 10.7. The summed E-state index contributed by atoms with van der Waals surface area (Å²) in [6.07, 6.45) is 6.97. The predicted molar refractivity (Wildman–Crippen MR) is 140 cm³/mol. The number of fused-ring (bicyclic) bond motifs is 1. The standard InChI is InChI=1S/C28H27N3O4S/c1-34-23-17-19(11-13-22(23)35-16-15-29)12-14-25(32)31-28-26(21-9-5-6-10-24(21)36-28)27(33)30-18-20-7-3-2-4-8-20/h2-4,7-8,11-14,17H,5-6,9-10,16,18H2,1H3,(H,30,33)(H,31,32)/b14-12+. The molecule has 8 heteroatoms. The summed E-state index contributed by atoms with van der Waals surface area (Å²) in [4.78, 5) is 27.2. The Bertz CT molecular complexity index is 1310. The third kappa shape index (κ3) is 6.12. The zero-order valence-electron chi connectivity index (χ0n) is 20.0. The molecule has 2 aromatic carbocycles. The van der Waals surface area contributed by atoms with Gasteiger partial charge in [-0.15, -0.1) is 11.3 Å². The Hall–Kier alpha value is -4.09. The Labute approximate surface area is 214 Å². The fourth-order valence-electron chi connectivity index (χ4n) is 4.10. The minimum atomic E-state index is -0.325. The molecular weight excluding hydrogens is 474 g/mol. The number of nitrogens with one attached hydrogen (secondary N) is 2. The lowest BCUT2D eigenvalue weighted by Crippen LogP contribution is -2.25. The highest BCUT2D eigenvalue weighted by molar-refractivity contribution is 7.17. The van der Waals surface area contributed by atoms with Gasteiger partial charge in [-0.3, -0.25) is 9.59 Å². The van der Waals surface area contributed by atoms with Crippen LogP contribution in [-0.2, 0) is 24.2 Å². The number of hydrogen-bond donors (Lipinski definition) is 2. The Morgan fingerprint density at radius 1 is 1.11 bits per heavy atom. The highest BCUT2D eigenvalue weighted by Crippen LogP contribution is 2.38. The number of carbonyl (C=O) groups is 2. The van der Waals surface area contributed by atoms with E-state index >= 15 is 0 Å². The van der Waals surface area contributed by atoms with Gasteiger partial charge in [0.1, 0.15) is 11.1 Å². The number of amides is 2. The number of benzene rings is 2. The molecule has 0 saturated carbocycles. The fourth-order valence-corrected chi connectivity index (χ4v) is 5.39. The summed E-state index contributed by atoms with van der Waals surface area (Å²) in [6, 6.07) is 16.9. The van der Waals surface area contributed by atoms with E-state index in [4.69, 9.17) is 14.7 Å². The van der Waals surface area contributed by atoms with Crippen LogP contribution in [0.1, 0.15) is 44.8 Å². The van der Waals surface area contributed by atoms with Crippen LogP contribution in [0.5, 0.6) is 11.5 Å². The SMILES string of the molecule is COc1cc(/C=C/C(=O)Nc2sc3c(c2C(=O)NCc2ccccc2)CCCC3)ccc1OCC#N. The Morgan fingerprint density at radius 3 is 2.69 bits per heavy atom. The highest BCUT2D eigenvalue weighted by atomic mass is 32.1. The summed E-state index contributed by atoms with van der Waals surface area (Å²) in [7, 11) is 1.51. The van der Waals surface area contributed by atoms with Crippen molar-refractivity contribution in [3.63, 3.8) is 0 Å². The topological polar surface area (TPSA) is 100 Å². The maximum atomic E-state index is 13.2. The Morgan fingerprint density at radius 2 is 1.92 bits per heavy atom. The van der Waals surface area contributed by atoms with Gasteiger partial charge in [-0.25, -0.2) is 0 Å². The average Bonchev–Trinajstić information content (AvgIpc) is 3.27. The average molecular weight is 502 g/mol. The molecule has 7 nitrogen and oxygen atoms in total. The summed E-state index contributed by atoms with van der Waals surface area (Å²) in [5.74, 6) is 0.428. The molecule has 184 valence electrons. The maximum absolute atomic E-state index is 13.2. The van der Waals surface area contributed by atoms with Crippen molar-refractivity contribution in [2.75, 3.05) is 19.0 Å². The first-order valence-electron chi connectivity index (χ1n) is 11.7. The Kier molecular flexibility index (Phi) is 8.37. The molecule has 1 aliphatic carbocycles. The van der Waals surface area contributed by atoms with E-state index in [0.717, 1.165) is 42.4 Å². The number of nitrogens with zero attached hydrogens (tertiary/aromatic N) is 1. The van der Waals surface area contributed by atoms with Crippen LogP contribution in [0.3, 0.4) is 0 Å². The van der Waals surface area contributed by atoms with Crippen molar-refractivity contribution in [2.24, 2.45) is 0 Å². The molecule has 0 unspecified atom stereocenters. The van der Waals surface area contributed by atoms with Gasteiger partial charge in [0.05, 0.1) is 12.7 Å². The number of methoxy groups -OCH3 is 1. The van der Waals surface area contributed by atoms with Crippen molar-refractivity contribution in [2.45, 2.75) is 32.2 Å². The largest absolute Gasteiger partial charge is 0.493 e. The van der Waals surface area contributed by atoms with Crippen molar-refractivity contribution < 1.29 is 19.1 Å². The van der Waals surface area contributed by atoms with E-state index in [9.17, 15) is 9.59 Å². The molecule has 0 radical (unpaired) electrons. The van der Waals surface area contributed by atoms with Crippen LogP contribution in [-0.4, -0.2) is 25.5 Å². The van der Waals surface area contributed by atoms with Crippen LogP contribution in [0.2, 0.25) is 0 Å². The number of aryl methyl sites for hydroxylation is 1. The normalized spacial score (nSPS) is 12.4. The molecule has 0 fully saturated rings. The van der Waals surface area contributed by atoms with Gasteiger partial charge in [-0.2, -0.15) is 5.26 Å². The number of ether oxygens (including phenoxy) is 2. The lowest BCUT2D eigenvalue weighted by atomic mass is 9.95. The van der Waals surface area contributed by atoms with Gasteiger partial charge >= 0.3 is 0 Å². The zero-order valence-corrected chi connectivity index (χ0v) is 20.8. The molecule has 0 saturated heterocycles. The first-order valence-corrected chi connectivity index (χ1v) is 12.5. The predicted octanol–water partition coefficient (Wildman–Crippen LogP) is 5.12. The first-order chi connectivity index (χ1) is 17.6. The van der Waals surface area contributed by atoms with Gasteiger partial charge in [0.15, 0.2) is 18.1 Å². The van der Waals surface area contributed by atoms with Crippen LogP contribution < -0.4 is 20.1 Å². The van der Waals surface area contributed by atoms with E-state index in [1.807, 2.05) is 36.4 Å². The van der Waals surface area contributed by atoms with Crippen molar-refractivity contribution in [3.05, 3.63) is 81.7 Å². The van der Waals surface area contributed by atoms with E-state index in [0.29, 0.717) is 28.6 Å². The molecule has 36 heavy (non-hydrogen) atoms. The zero-order chi connectivity index (χ0) is 25.3. The van der Waals surface area contributed by atoms with Crippen molar-refractivity contribution in [1.82, 2.24) is 5.32 Å². The molecule has 3 aromatic rings. The molecule has 1 heterocycles. The van der Waals surface area contributed by atoms with Gasteiger partial charge in [0, 0.05) is 17.5 Å². The number of carbonyl (C=O) groups excluding carboxylic acids is 2. The quantitative estimate of drug-likeness (QED) is 0.397. The third-order valence-corrected chi connectivity index (χ3v) is 7.05. The lowest BCUT2D eigenvalue weighted by molar-refractivity contribution is -0.111. The number of thiophene rings is 1. The molecular formula is C28H27N3O4S. The molecule has 2 amide bonds. The number of anilines is 1. The molecule has 0 aliphatic heterocycles. The van der Waals surface area contributed by atoms with Crippen LogP contribution in [0.4, 0.5) is 5.00 Å². The van der Waals surface area contributed by atoms with E-state index in [1.165, 1.54) is 29.4 Å². The van der Waals surface area contributed by atoms with Crippen molar-refractivity contribution in [1.29, 1.82) is 5.26 Å². The van der Waals surface area contributed by atoms with Crippen LogP contribution in [0.25, 0.3) is 6.08 Å². The smallest absolute Gasteiger partial charge is 0.254 e. The summed E-state index contributed by atoms with van der Waals surface area (Å²) in [5, 5.41) is 15.2. The van der Waals surface area contributed by atoms with Gasteiger partial charge in [0.25, 0.3) is 5.91 Å². The summed E-state index contributed by atoms with van der Waals surface area (Å²) in [5.41, 5.74) is 3.38. The second-order valence-corrected chi connectivity index (χ2v) is 9.37. The lowest BCUT2D eigenvalue weighted by Gasteiger charge is -2.13. The third-order valence-electron chi connectivity index (χ3n) is 5.84. The minimum absolute atomic E-state index is 0.0833. The molecule has 4 rings (SSSR count). The van der Waals surface area contributed by atoms with Crippen LogP contribution in [0, 0.1) is 11.3 Å². The maximum Gasteiger partial charge on any atom is 0.254 e. The van der Waals surface area contributed by atoms with Crippen molar-refractivity contribution in [3.8, 4) is 17.6 Å². The van der Waals surface area contributed by atoms with Gasteiger partial charge in [-0.05, 0) is 60.6 Å². The van der Waals surface area contributed by atoms with E-state index < -0.39 is 0 Å². The Balaban J connectivity index is 1.49. The minimum Gasteiger partial charge on any atom is -0.493 e. The van der Waals surface area contributed by atoms with E-state index in [2.05, 4.69) is 10.6 Å². The second-order valence-electron chi connectivity index (χ2n) is 8.26. The van der Waals surface area contributed by atoms with Crippen molar-refractivity contribution >= 4 is 34.2 Å². The molecule has 0 atom stereocenters. The highest BCUT2D eigenvalue weighted by Gasteiger charge is 2.26. The number of hydrogen-bond acceptors (Lipinski definition) is 6. The van der Waals surface area contributed by atoms with Crippen LogP contribution in [0.15, 0.2) is 54.6 Å². The number of rotatable bonds is 9. The van der Waals surface area contributed by atoms with E-state index in [1.54, 1.807) is 24.3 Å².